The van der Waals surface area contributed by atoms with Crippen LogP contribution in [-0.4, -0.2) is 42.5 Å². The molecule has 0 spiro atoms. The minimum Gasteiger partial charge on any atom is -0.466 e. The lowest BCUT2D eigenvalue weighted by molar-refractivity contribution is -0.148. The van der Waals surface area contributed by atoms with Gasteiger partial charge in [0.05, 0.1) is 23.7 Å². The molecule has 1 rings (SSSR count). The van der Waals surface area contributed by atoms with Crippen LogP contribution in [0.15, 0.2) is 41.0 Å². The maximum Gasteiger partial charge on any atom is 0.412 e. The first-order valence-corrected chi connectivity index (χ1v) is 12.7. The number of halogens is 5. The molecule has 0 N–H and O–H groups in total. The van der Waals surface area contributed by atoms with Crippen molar-refractivity contribution in [1.82, 2.24) is 0 Å². The second-order valence-electron chi connectivity index (χ2n) is 7.14. The summed E-state index contributed by atoms with van der Waals surface area (Å²) in [5.74, 6) is -2.94. The number of alkyl halides is 3. The topological polar surface area (TPSA) is 72.9 Å². The smallest absolute Gasteiger partial charge is 0.412 e. The molecule has 208 valence electrons. The van der Waals surface area contributed by atoms with Gasteiger partial charge in [-0.3, -0.25) is 19.3 Å². The van der Waals surface area contributed by atoms with E-state index < -0.39 is 46.4 Å². The Bertz CT molecular complexity index is 998. The van der Waals surface area contributed by atoms with Crippen molar-refractivity contribution >= 4 is 46.9 Å². The highest BCUT2D eigenvalue weighted by Crippen LogP contribution is 2.38. The van der Waals surface area contributed by atoms with Crippen LogP contribution >= 0.6 is 23.4 Å². The zero-order chi connectivity index (χ0) is 28.9. The van der Waals surface area contributed by atoms with Crippen molar-refractivity contribution in [3.05, 3.63) is 46.9 Å². The standard InChI is InChI=1S/C23H26ClF4NO5S.C2H6/c1-6-19(22(32)34-9-8-21(31)33-7-2)35-20-12-18(17(25)11-16(20)24)29(15(5)30)14(4)10-13(3)23(26,27)28;1-2/h10-12,19H,4,6-9H2,1-3,5H3;1-2H3/b13-10+;. The van der Waals surface area contributed by atoms with Gasteiger partial charge in [0.2, 0.25) is 5.91 Å². The normalized spacial score (nSPS) is 12.1. The molecule has 0 aromatic heterocycles. The minimum atomic E-state index is -4.66. The zero-order valence-electron chi connectivity index (χ0n) is 21.6. The molecule has 1 amide bonds. The fraction of sp³-hybridized carbons (Fsp3) is 0.480. The van der Waals surface area contributed by atoms with Crippen LogP contribution in [0.25, 0.3) is 0 Å². The molecule has 0 aliphatic rings. The number of carbonyl (C=O) groups excluding carboxylic acids is 3. The van der Waals surface area contributed by atoms with Crippen LogP contribution in [0.5, 0.6) is 0 Å². The van der Waals surface area contributed by atoms with E-state index in [9.17, 15) is 31.9 Å². The number of carbonyl (C=O) groups is 3. The molecule has 0 bridgehead atoms. The van der Waals surface area contributed by atoms with Crippen molar-refractivity contribution in [1.29, 1.82) is 0 Å². The lowest BCUT2D eigenvalue weighted by atomic mass is 10.2. The number of allylic oxidation sites excluding steroid dienone is 2. The van der Waals surface area contributed by atoms with E-state index in [4.69, 9.17) is 21.1 Å². The van der Waals surface area contributed by atoms with E-state index in [2.05, 4.69) is 6.58 Å². The lowest BCUT2D eigenvalue weighted by Gasteiger charge is -2.24. The van der Waals surface area contributed by atoms with Gasteiger partial charge < -0.3 is 9.47 Å². The van der Waals surface area contributed by atoms with Crippen LogP contribution in [0, 0.1) is 5.82 Å². The maximum atomic E-state index is 14.7. The minimum absolute atomic E-state index is 0.0786. The van der Waals surface area contributed by atoms with E-state index in [1.54, 1.807) is 13.8 Å². The van der Waals surface area contributed by atoms with E-state index in [0.717, 1.165) is 37.7 Å². The second-order valence-corrected chi connectivity index (χ2v) is 8.79. The van der Waals surface area contributed by atoms with Gasteiger partial charge in [-0.2, -0.15) is 13.2 Å². The highest BCUT2D eigenvalue weighted by Gasteiger charge is 2.31. The molecular weight excluding hydrogens is 538 g/mol. The summed E-state index contributed by atoms with van der Waals surface area (Å²) in [6.07, 6.45) is -3.88. The van der Waals surface area contributed by atoms with Gasteiger partial charge in [0, 0.05) is 23.1 Å². The van der Waals surface area contributed by atoms with Crippen LogP contribution in [0.1, 0.15) is 54.4 Å². The summed E-state index contributed by atoms with van der Waals surface area (Å²) < 4.78 is 63.4. The van der Waals surface area contributed by atoms with Crippen LogP contribution < -0.4 is 4.90 Å². The number of anilines is 1. The quantitative estimate of drug-likeness (QED) is 0.121. The van der Waals surface area contributed by atoms with Crippen molar-refractivity contribution in [3.63, 3.8) is 0 Å². The van der Waals surface area contributed by atoms with Gasteiger partial charge in [-0.25, -0.2) is 4.39 Å². The third-order valence-electron chi connectivity index (χ3n) is 4.43. The molecule has 37 heavy (non-hydrogen) atoms. The number of ether oxygens (including phenoxy) is 2. The third kappa shape index (κ3) is 11.2. The summed E-state index contributed by atoms with van der Waals surface area (Å²) in [5, 5.41) is -0.875. The van der Waals surface area contributed by atoms with Gasteiger partial charge in [0.25, 0.3) is 0 Å². The molecule has 1 aromatic carbocycles. The fourth-order valence-corrected chi connectivity index (χ4v) is 3.99. The van der Waals surface area contributed by atoms with E-state index in [0.29, 0.717) is 11.0 Å². The van der Waals surface area contributed by atoms with Crippen LogP contribution in [0.3, 0.4) is 0 Å². The van der Waals surface area contributed by atoms with Gasteiger partial charge in [0.1, 0.15) is 17.7 Å². The summed E-state index contributed by atoms with van der Waals surface area (Å²) in [7, 11) is 0. The fourth-order valence-electron chi connectivity index (χ4n) is 2.72. The molecule has 0 saturated heterocycles. The number of thioether (sulfide) groups is 1. The molecule has 12 heteroatoms. The monoisotopic (exact) mass is 569 g/mol. The van der Waals surface area contributed by atoms with Gasteiger partial charge in [-0.05, 0) is 38.5 Å². The van der Waals surface area contributed by atoms with Crippen molar-refractivity contribution < 1.29 is 41.4 Å². The zero-order valence-corrected chi connectivity index (χ0v) is 23.2. The lowest BCUT2D eigenvalue weighted by Crippen LogP contribution is -2.28. The molecule has 0 radical (unpaired) electrons. The Morgan fingerprint density at radius 2 is 1.76 bits per heavy atom. The van der Waals surface area contributed by atoms with Gasteiger partial charge in [0.15, 0.2) is 0 Å². The molecule has 0 aliphatic heterocycles. The van der Waals surface area contributed by atoms with Gasteiger partial charge in [-0.1, -0.05) is 39.0 Å². The van der Waals surface area contributed by atoms with E-state index >= 15 is 0 Å². The number of nitrogens with zero attached hydrogens (tertiary/aromatic N) is 1. The summed E-state index contributed by atoms with van der Waals surface area (Å²) >= 11 is 7.06. The number of esters is 2. The molecule has 0 aliphatic carbocycles. The summed E-state index contributed by atoms with van der Waals surface area (Å²) in [6.45, 7) is 12.6. The Balaban J connectivity index is 0.00000631. The Labute approximate surface area is 224 Å². The first-order chi connectivity index (χ1) is 17.2. The van der Waals surface area contributed by atoms with E-state index in [-0.39, 0.29) is 41.7 Å². The van der Waals surface area contributed by atoms with Crippen molar-refractivity contribution in [3.8, 4) is 0 Å². The number of hydrogen-bond donors (Lipinski definition) is 0. The SMILES string of the molecule is C=C(/C=C(\C)C(F)(F)F)N(C(C)=O)c1cc(SC(CC)C(=O)OCCC(=O)OCC)c(Cl)cc1F.CC. The van der Waals surface area contributed by atoms with Crippen LogP contribution in [0.2, 0.25) is 5.02 Å². The summed E-state index contributed by atoms with van der Waals surface area (Å²) in [6, 6.07) is 2.04. The molecule has 1 atom stereocenters. The number of rotatable bonds is 11. The average molecular weight is 570 g/mol. The Morgan fingerprint density at radius 1 is 1.16 bits per heavy atom. The second kappa shape index (κ2) is 16.3. The Morgan fingerprint density at radius 3 is 2.24 bits per heavy atom. The molecule has 0 fully saturated rings. The first-order valence-electron chi connectivity index (χ1n) is 11.5. The predicted octanol–water partition coefficient (Wildman–Crippen LogP) is 7.25. The molecular formula is C25H32ClF4NO5S. The predicted molar refractivity (Wildman–Crippen MR) is 137 cm³/mol. The number of amides is 1. The number of benzene rings is 1. The third-order valence-corrected chi connectivity index (χ3v) is 6.26. The first kappa shape index (κ1) is 34.5. The highest BCUT2D eigenvalue weighted by atomic mass is 35.5. The van der Waals surface area contributed by atoms with Crippen molar-refractivity contribution in [2.45, 2.75) is 70.7 Å². The van der Waals surface area contributed by atoms with E-state index in [1.807, 2.05) is 13.8 Å². The summed E-state index contributed by atoms with van der Waals surface area (Å²) in [5.41, 5.74) is -1.82. The van der Waals surface area contributed by atoms with E-state index in [1.165, 1.54) is 0 Å². The number of hydrogen-bond acceptors (Lipinski definition) is 6. The van der Waals surface area contributed by atoms with Crippen molar-refractivity contribution in [2.75, 3.05) is 18.1 Å². The van der Waals surface area contributed by atoms with Crippen LogP contribution in [-0.2, 0) is 23.9 Å². The van der Waals surface area contributed by atoms with Crippen LogP contribution in [0.4, 0.5) is 23.2 Å². The maximum absolute atomic E-state index is 14.7. The molecule has 6 nitrogen and oxygen atoms in total. The molecule has 0 heterocycles. The Hall–Kier alpha value is -2.53. The average Bonchev–Trinajstić information content (AvgIpc) is 2.80. The van der Waals surface area contributed by atoms with Gasteiger partial charge >= 0.3 is 18.1 Å². The molecule has 1 aromatic rings. The Kier molecular flexibility index (Phi) is 15.2. The highest BCUT2D eigenvalue weighted by molar-refractivity contribution is 8.00. The summed E-state index contributed by atoms with van der Waals surface area (Å²) in [4.78, 5) is 36.9. The van der Waals surface area contributed by atoms with Gasteiger partial charge in [-0.15, -0.1) is 11.8 Å². The molecule has 1 unspecified atom stereocenters. The molecule has 0 saturated carbocycles. The largest absolute Gasteiger partial charge is 0.466 e. The van der Waals surface area contributed by atoms with Crippen molar-refractivity contribution in [2.24, 2.45) is 0 Å².